The lowest BCUT2D eigenvalue weighted by atomic mass is 10.0. The second-order valence-electron chi connectivity index (χ2n) is 9.91. The van der Waals surface area contributed by atoms with Gasteiger partial charge in [0, 0.05) is 21.8 Å². The van der Waals surface area contributed by atoms with Crippen LogP contribution in [0.2, 0.25) is 0 Å². The van der Waals surface area contributed by atoms with Crippen LogP contribution < -0.4 is 13.9 Å². The van der Waals surface area contributed by atoms with Crippen LogP contribution in [0.5, 0.6) is 0 Å². The van der Waals surface area contributed by atoms with E-state index in [1.54, 1.807) is 45.1 Å². The Balaban J connectivity index is 1.27. The lowest BCUT2D eigenvalue weighted by molar-refractivity contribution is 0.725. The van der Waals surface area contributed by atoms with Gasteiger partial charge in [0.05, 0.1) is 0 Å². The van der Waals surface area contributed by atoms with Crippen molar-refractivity contribution in [2.45, 2.75) is 93.5 Å². The molecule has 32 heavy (non-hydrogen) atoms. The van der Waals surface area contributed by atoms with Crippen molar-refractivity contribution < 1.29 is 0 Å². The number of hydrogen-bond acceptors (Lipinski definition) is 3. The molecule has 0 aromatic carbocycles. The van der Waals surface area contributed by atoms with E-state index in [4.69, 9.17) is 0 Å². The predicted molar refractivity (Wildman–Crippen MR) is 151 cm³/mol. The van der Waals surface area contributed by atoms with E-state index in [1.807, 2.05) is 34.0 Å². The van der Waals surface area contributed by atoms with Crippen molar-refractivity contribution in [3.8, 4) is 0 Å². The predicted octanol–water partition coefficient (Wildman–Crippen LogP) is 8.63. The Morgan fingerprint density at radius 3 is 1.81 bits per heavy atom. The van der Waals surface area contributed by atoms with E-state index in [9.17, 15) is 0 Å². The normalized spacial score (nSPS) is 25.1. The molecule has 0 radical (unpaired) electrons. The highest BCUT2D eigenvalue weighted by Gasteiger charge is 2.41. The molecule has 6 rings (SSSR count). The fraction of sp³-hybridized carbons (Fsp3) is 0.556. The summed E-state index contributed by atoms with van der Waals surface area (Å²) in [5, 5.41) is 6.95. The second kappa shape index (κ2) is 10.3. The highest BCUT2D eigenvalue weighted by molar-refractivity contribution is 7.90. The van der Waals surface area contributed by atoms with Gasteiger partial charge in [-0.15, -0.1) is 34.0 Å². The van der Waals surface area contributed by atoms with Crippen molar-refractivity contribution in [3.05, 3.63) is 52.0 Å². The quantitative estimate of drug-likeness (QED) is 0.276. The summed E-state index contributed by atoms with van der Waals surface area (Å²) in [6.45, 7) is 0. The molecule has 0 saturated heterocycles. The van der Waals surface area contributed by atoms with Gasteiger partial charge in [-0.05, 0) is 108 Å². The lowest BCUT2D eigenvalue weighted by Crippen LogP contribution is -2.20. The first-order chi connectivity index (χ1) is 15.9. The topological polar surface area (TPSA) is 0 Å². The molecule has 3 aliphatic carbocycles. The molecule has 0 nitrogen and oxygen atoms in total. The van der Waals surface area contributed by atoms with Crippen LogP contribution in [0.25, 0.3) is 0 Å². The Labute approximate surface area is 208 Å². The maximum atomic E-state index is 2.52. The summed E-state index contributed by atoms with van der Waals surface area (Å²) in [6.07, 6.45) is 16.8. The van der Waals surface area contributed by atoms with Crippen molar-refractivity contribution in [1.29, 1.82) is 0 Å². The maximum absolute atomic E-state index is 2.52. The minimum Gasteiger partial charge on any atom is -0.143 e. The molecule has 5 heteroatoms. The van der Waals surface area contributed by atoms with Gasteiger partial charge in [-0.2, -0.15) is 0 Å². The van der Waals surface area contributed by atoms with E-state index in [2.05, 4.69) is 46.5 Å². The Morgan fingerprint density at radius 2 is 1.25 bits per heavy atom. The third-order valence-corrected chi connectivity index (χ3v) is 18.6. The van der Waals surface area contributed by atoms with Crippen LogP contribution in [0.4, 0.5) is 0 Å². The van der Waals surface area contributed by atoms with Gasteiger partial charge < -0.3 is 0 Å². The molecule has 0 amide bonds. The first-order valence-corrected chi connectivity index (χ1v) is 18.1. The number of hydrogen-bond donors (Lipinski definition) is 0. The number of thiophene rings is 3. The highest BCUT2D eigenvalue weighted by atomic mass is 32.1. The van der Waals surface area contributed by atoms with Crippen molar-refractivity contribution in [2.24, 2.45) is 0 Å². The summed E-state index contributed by atoms with van der Waals surface area (Å²) >= 11 is 5.97. The molecular formula is C27H34P2S3. The van der Waals surface area contributed by atoms with Gasteiger partial charge in [0.25, 0.3) is 0 Å². The molecule has 3 fully saturated rings. The molecule has 0 bridgehead atoms. The number of rotatable bonds is 7. The molecule has 3 aromatic heterocycles. The highest BCUT2D eigenvalue weighted by Crippen LogP contribution is 2.64. The molecule has 0 spiro atoms. The summed E-state index contributed by atoms with van der Waals surface area (Å²) < 4.78 is 4.88. The fourth-order valence-corrected chi connectivity index (χ4v) is 18.7. The summed E-state index contributed by atoms with van der Waals surface area (Å²) in [7, 11) is -0.109. The van der Waals surface area contributed by atoms with Crippen LogP contribution in [0, 0.1) is 0 Å². The summed E-state index contributed by atoms with van der Waals surface area (Å²) in [5.74, 6) is 0.819. The van der Waals surface area contributed by atoms with E-state index in [0.717, 1.165) is 22.9 Å². The molecule has 2 atom stereocenters. The van der Waals surface area contributed by atoms with Crippen molar-refractivity contribution >= 4 is 63.7 Å². The third kappa shape index (κ3) is 4.47. The fourth-order valence-electron chi connectivity index (χ4n) is 6.72. The molecule has 3 aromatic rings. The van der Waals surface area contributed by atoms with Crippen molar-refractivity contribution in [3.63, 3.8) is 0 Å². The molecule has 0 aliphatic heterocycles. The van der Waals surface area contributed by atoms with Gasteiger partial charge in [-0.1, -0.05) is 45.7 Å². The van der Waals surface area contributed by atoms with E-state index in [0.29, 0.717) is 0 Å². The molecular weight excluding hydrogens is 482 g/mol. The Hall–Kier alpha value is -0.0400. The van der Waals surface area contributed by atoms with Gasteiger partial charge in [-0.3, -0.25) is 0 Å². The monoisotopic (exact) mass is 516 g/mol. The summed E-state index contributed by atoms with van der Waals surface area (Å²) in [6, 6.07) is 11.8. The van der Waals surface area contributed by atoms with Crippen LogP contribution >= 0.6 is 49.9 Å². The SMILES string of the molecule is c1csc(P(c2cccs2)c2sccc2C2CCC(P(C3CCCC3)C3CCCC3)C2)c1. The average molecular weight is 517 g/mol. The van der Waals surface area contributed by atoms with E-state index in [-0.39, 0.29) is 15.8 Å². The van der Waals surface area contributed by atoms with E-state index >= 15 is 0 Å². The zero-order chi connectivity index (χ0) is 21.3. The van der Waals surface area contributed by atoms with Gasteiger partial charge in [0.2, 0.25) is 0 Å². The third-order valence-electron chi connectivity index (χ3n) is 8.09. The Morgan fingerprint density at radius 1 is 0.625 bits per heavy atom. The van der Waals surface area contributed by atoms with Gasteiger partial charge in [0.1, 0.15) is 0 Å². The first-order valence-electron chi connectivity index (χ1n) is 12.6. The molecule has 3 aliphatic rings. The minimum atomic E-state index is -0.358. The summed E-state index contributed by atoms with van der Waals surface area (Å²) in [5.41, 5.74) is 5.03. The van der Waals surface area contributed by atoms with Crippen LogP contribution in [0.3, 0.4) is 0 Å². The molecule has 0 N–H and O–H groups in total. The smallest absolute Gasteiger partial charge is 0.0419 e. The van der Waals surface area contributed by atoms with E-state index < -0.39 is 0 Å². The maximum Gasteiger partial charge on any atom is 0.0419 e. The largest absolute Gasteiger partial charge is 0.143 e. The van der Waals surface area contributed by atoms with Crippen LogP contribution in [-0.4, -0.2) is 17.0 Å². The zero-order valence-corrected chi connectivity index (χ0v) is 23.1. The summed E-state index contributed by atoms with van der Waals surface area (Å²) in [4.78, 5) is 0. The zero-order valence-electron chi connectivity index (χ0n) is 18.8. The van der Waals surface area contributed by atoms with Crippen molar-refractivity contribution in [1.82, 2.24) is 0 Å². The second-order valence-corrected chi connectivity index (χ2v) is 18.8. The molecule has 3 heterocycles. The van der Waals surface area contributed by atoms with Crippen LogP contribution in [-0.2, 0) is 0 Å². The minimum absolute atomic E-state index is 0.249. The Bertz CT molecular complexity index is 914. The molecule has 170 valence electrons. The van der Waals surface area contributed by atoms with Crippen molar-refractivity contribution in [2.75, 3.05) is 0 Å². The Kier molecular flexibility index (Phi) is 7.21. The first kappa shape index (κ1) is 22.4. The lowest BCUT2D eigenvalue weighted by Gasteiger charge is -2.35. The molecule has 2 unspecified atom stereocenters. The van der Waals surface area contributed by atoms with Gasteiger partial charge in [-0.25, -0.2) is 0 Å². The van der Waals surface area contributed by atoms with Gasteiger partial charge >= 0.3 is 0 Å². The standard InChI is InChI=1S/C27H34P2S3/c1-2-8-21(7-1)28(22-9-3-4-10-22)23-14-13-20(19-23)24-15-18-32-27(24)29(25-11-5-16-30-25)26-12-6-17-31-26/h5-6,11-12,15-18,20-23H,1-4,7-10,13-14,19H2. The van der Waals surface area contributed by atoms with Crippen LogP contribution in [0.15, 0.2) is 46.5 Å². The average Bonchev–Trinajstić information content (AvgIpc) is 3.66. The van der Waals surface area contributed by atoms with Gasteiger partial charge in [0.15, 0.2) is 0 Å². The molecule has 3 saturated carbocycles. The van der Waals surface area contributed by atoms with Crippen LogP contribution in [0.1, 0.15) is 82.1 Å². The van der Waals surface area contributed by atoms with E-state index in [1.165, 1.54) is 44.9 Å².